The molecule has 0 aliphatic rings. The first-order valence-electron chi connectivity index (χ1n) is 8.41. The number of anilines is 1. The molecule has 0 aliphatic heterocycles. The standard InChI is InChI=1S/C19H14F5N5O/c20-12-6-11-14(7-13(12)21)27-8-15(11)28-18(30)17(26)29-16(25)5-9-1-3-10(4-2-9)19(22,23)24/h1-4,6-8,27H,5H2,(H,28,30)(H3,25,26,29). The monoisotopic (exact) mass is 423 g/mol. The highest BCUT2D eigenvalue weighted by atomic mass is 19.4. The van der Waals surface area contributed by atoms with Crippen molar-refractivity contribution in [2.24, 2.45) is 0 Å². The topological polar surface area (TPSA) is 105 Å². The summed E-state index contributed by atoms with van der Waals surface area (Å²) in [5.41, 5.74) is -0.107. The quantitative estimate of drug-likeness (QED) is 0.248. The number of alkyl halides is 3. The van der Waals surface area contributed by atoms with Gasteiger partial charge in [-0.25, -0.2) is 8.78 Å². The maximum Gasteiger partial charge on any atom is 0.416 e. The summed E-state index contributed by atoms with van der Waals surface area (Å²) in [5.74, 6) is -4.11. The number of carbonyl (C=O) groups is 1. The second-order valence-electron chi connectivity index (χ2n) is 6.32. The van der Waals surface area contributed by atoms with E-state index in [0.29, 0.717) is 5.56 Å². The molecule has 5 N–H and O–H groups in total. The van der Waals surface area contributed by atoms with Crippen LogP contribution in [-0.4, -0.2) is 22.6 Å². The molecule has 3 aromatic rings. The van der Waals surface area contributed by atoms with E-state index in [-0.39, 0.29) is 28.8 Å². The molecular weight excluding hydrogens is 409 g/mol. The van der Waals surface area contributed by atoms with Gasteiger partial charge >= 0.3 is 6.18 Å². The minimum atomic E-state index is -4.47. The molecule has 0 spiro atoms. The summed E-state index contributed by atoms with van der Waals surface area (Å²) in [6, 6.07) is 5.95. The van der Waals surface area contributed by atoms with Crippen molar-refractivity contribution in [1.82, 2.24) is 10.3 Å². The predicted octanol–water partition coefficient (Wildman–Crippen LogP) is 4.19. The Bertz CT molecular complexity index is 1130. The van der Waals surface area contributed by atoms with E-state index in [9.17, 15) is 26.7 Å². The molecule has 1 heterocycles. The first kappa shape index (κ1) is 21.0. The molecule has 0 atom stereocenters. The molecule has 2 aromatic carbocycles. The Morgan fingerprint density at radius 3 is 2.30 bits per heavy atom. The van der Waals surface area contributed by atoms with Crippen LogP contribution in [0.5, 0.6) is 0 Å². The fourth-order valence-electron chi connectivity index (χ4n) is 2.67. The largest absolute Gasteiger partial charge is 0.416 e. The van der Waals surface area contributed by atoms with Crippen molar-refractivity contribution in [2.75, 3.05) is 5.32 Å². The van der Waals surface area contributed by atoms with Crippen LogP contribution in [0, 0.1) is 22.5 Å². The normalized spacial score (nSPS) is 11.4. The Hall–Kier alpha value is -3.76. The summed E-state index contributed by atoms with van der Waals surface area (Å²) in [7, 11) is 0. The molecular formula is C19H14F5N5O. The van der Waals surface area contributed by atoms with Gasteiger partial charge in [0.2, 0.25) is 0 Å². The minimum Gasteiger partial charge on any atom is -0.359 e. The van der Waals surface area contributed by atoms with Gasteiger partial charge in [0.1, 0.15) is 5.84 Å². The summed E-state index contributed by atoms with van der Waals surface area (Å²) < 4.78 is 64.4. The van der Waals surface area contributed by atoms with E-state index >= 15 is 0 Å². The van der Waals surface area contributed by atoms with Gasteiger partial charge in [0, 0.05) is 24.1 Å². The highest BCUT2D eigenvalue weighted by molar-refractivity contribution is 6.43. The number of aromatic amines is 1. The molecule has 156 valence electrons. The average Bonchev–Trinajstić information content (AvgIpc) is 3.03. The molecule has 0 aliphatic carbocycles. The number of amides is 1. The van der Waals surface area contributed by atoms with Gasteiger partial charge in [-0.3, -0.25) is 15.6 Å². The molecule has 1 aromatic heterocycles. The number of aromatic nitrogens is 1. The van der Waals surface area contributed by atoms with E-state index in [4.69, 9.17) is 10.8 Å². The third-order valence-electron chi connectivity index (χ3n) is 4.14. The zero-order chi connectivity index (χ0) is 22.1. The summed E-state index contributed by atoms with van der Waals surface area (Å²) in [4.78, 5) is 14.8. The van der Waals surface area contributed by atoms with E-state index in [1.807, 2.05) is 0 Å². The van der Waals surface area contributed by atoms with Gasteiger partial charge in [-0.15, -0.1) is 0 Å². The number of halogens is 5. The third kappa shape index (κ3) is 4.62. The van der Waals surface area contributed by atoms with Crippen molar-refractivity contribution in [3.63, 3.8) is 0 Å². The van der Waals surface area contributed by atoms with Crippen molar-refractivity contribution < 1.29 is 26.7 Å². The maximum absolute atomic E-state index is 13.4. The number of carbonyl (C=O) groups excluding carboxylic acids is 1. The lowest BCUT2D eigenvalue weighted by molar-refractivity contribution is -0.137. The van der Waals surface area contributed by atoms with E-state index < -0.39 is 35.1 Å². The summed E-state index contributed by atoms with van der Waals surface area (Å²) in [5, 5.41) is 20.3. The van der Waals surface area contributed by atoms with Gasteiger partial charge in [-0.1, -0.05) is 12.1 Å². The molecule has 3 rings (SSSR count). The molecule has 0 radical (unpaired) electrons. The molecule has 1 amide bonds. The van der Waals surface area contributed by atoms with Crippen LogP contribution in [0.25, 0.3) is 10.9 Å². The lowest BCUT2D eigenvalue weighted by Gasteiger charge is -2.11. The van der Waals surface area contributed by atoms with Crippen LogP contribution in [0.3, 0.4) is 0 Å². The molecule has 0 fully saturated rings. The number of H-pyrrole nitrogens is 1. The van der Waals surface area contributed by atoms with Crippen molar-refractivity contribution in [3.05, 3.63) is 65.4 Å². The van der Waals surface area contributed by atoms with Crippen LogP contribution in [-0.2, 0) is 17.4 Å². The minimum absolute atomic E-state index is 0.106. The Balaban J connectivity index is 1.61. The highest BCUT2D eigenvalue weighted by Crippen LogP contribution is 2.29. The van der Waals surface area contributed by atoms with Crippen LogP contribution in [0.2, 0.25) is 0 Å². The second-order valence-corrected chi connectivity index (χ2v) is 6.32. The third-order valence-corrected chi connectivity index (χ3v) is 4.14. The highest BCUT2D eigenvalue weighted by Gasteiger charge is 2.30. The van der Waals surface area contributed by atoms with Crippen LogP contribution in [0.4, 0.5) is 27.6 Å². The zero-order valence-electron chi connectivity index (χ0n) is 15.0. The molecule has 6 nitrogen and oxygen atoms in total. The summed E-state index contributed by atoms with van der Waals surface area (Å²) >= 11 is 0. The number of amidine groups is 2. The first-order valence-corrected chi connectivity index (χ1v) is 8.41. The Morgan fingerprint density at radius 2 is 1.67 bits per heavy atom. The van der Waals surface area contributed by atoms with Crippen molar-refractivity contribution in [2.45, 2.75) is 12.6 Å². The van der Waals surface area contributed by atoms with Crippen molar-refractivity contribution in [3.8, 4) is 0 Å². The van der Waals surface area contributed by atoms with Crippen LogP contribution >= 0.6 is 0 Å². The van der Waals surface area contributed by atoms with Crippen LogP contribution in [0.15, 0.2) is 42.6 Å². The lowest BCUT2D eigenvalue weighted by Crippen LogP contribution is -2.39. The molecule has 0 saturated heterocycles. The smallest absolute Gasteiger partial charge is 0.359 e. The van der Waals surface area contributed by atoms with Crippen molar-refractivity contribution >= 4 is 34.2 Å². The first-order chi connectivity index (χ1) is 14.0. The van der Waals surface area contributed by atoms with E-state index in [1.54, 1.807) is 0 Å². The van der Waals surface area contributed by atoms with E-state index in [0.717, 1.165) is 24.3 Å². The molecule has 11 heteroatoms. The average molecular weight is 423 g/mol. The number of benzene rings is 2. The van der Waals surface area contributed by atoms with E-state index in [1.165, 1.54) is 18.3 Å². The van der Waals surface area contributed by atoms with Gasteiger partial charge in [0.25, 0.3) is 5.91 Å². The van der Waals surface area contributed by atoms with Crippen molar-refractivity contribution in [1.29, 1.82) is 10.8 Å². The number of fused-ring (bicyclic) bond motifs is 1. The Kier molecular flexibility index (Phi) is 5.54. The summed E-state index contributed by atoms with van der Waals surface area (Å²) in [6.45, 7) is 0. The second kappa shape index (κ2) is 7.93. The van der Waals surface area contributed by atoms with Crippen LogP contribution in [0.1, 0.15) is 11.1 Å². The van der Waals surface area contributed by atoms with Gasteiger partial charge in [-0.05, 0) is 23.8 Å². The Labute approximate surface area is 166 Å². The van der Waals surface area contributed by atoms with Crippen LogP contribution < -0.4 is 10.6 Å². The zero-order valence-corrected chi connectivity index (χ0v) is 15.0. The predicted molar refractivity (Wildman–Crippen MR) is 101 cm³/mol. The SMILES string of the molecule is N=C(Cc1ccc(C(F)(F)F)cc1)NC(=N)C(=O)Nc1c[nH]c2cc(F)c(F)cc12. The number of hydrogen-bond acceptors (Lipinski definition) is 3. The maximum atomic E-state index is 13.4. The summed E-state index contributed by atoms with van der Waals surface area (Å²) in [6.07, 6.45) is -3.31. The molecule has 0 bridgehead atoms. The lowest BCUT2D eigenvalue weighted by atomic mass is 10.1. The van der Waals surface area contributed by atoms with E-state index in [2.05, 4.69) is 15.6 Å². The van der Waals surface area contributed by atoms with Gasteiger partial charge in [-0.2, -0.15) is 13.2 Å². The van der Waals surface area contributed by atoms with Gasteiger partial charge in [0.05, 0.1) is 16.8 Å². The van der Waals surface area contributed by atoms with Gasteiger partial charge < -0.3 is 15.6 Å². The number of hydrogen-bond donors (Lipinski definition) is 5. The Morgan fingerprint density at radius 1 is 1.03 bits per heavy atom. The van der Waals surface area contributed by atoms with Gasteiger partial charge in [0.15, 0.2) is 17.5 Å². The molecule has 0 saturated carbocycles. The number of nitrogens with one attached hydrogen (secondary N) is 5. The molecule has 30 heavy (non-hydrogen) atoms. The fourth-order valence-corrected chi connectivity index (χ4v) is 2.67. The fraction of sp³-hybridized carbons (Fsp3) is 0.105. The molecule has 0 unspecified atom stereocenters. The number of rotatable bonds is 3.